The minimum atomic E-state index is 0.588. The van der Waals surface area contributed by atoms with E-state index in [0.717, 1.165) is 0 Å². The molecule has 0 radical (unpaired) electrons. The van der Waals surface area contributed by atoms with Crippen LogP contribution in [-0.4, -0.2) is 4.98 Å². The minimum absolute atomic E-state index is 0.588. The first-order valence-corrected chi connectivity index (χ1v) is 5.69. The van der Waals surface area contributed by atoms with Gasteiger partial charge in [-0.3, -0.25) is 4.98 Å². The summed E-state index contributed by atoms with van der Waals surface area (Å²) in [6, 6.07) is 10.9. The second-order valence-electron chi connectivity index (χ2n) is 4.53. The van der Waals surface area contributed by atoms with Crippen molar-refractivity contribution in [1.29, 1.82) is 0 Å². The number of pyridine rings is 1. The van der Waals surface area contributed by atoms with Gasteiger partial charge in [0.05, 0.1) is 0 Å². The van der Waals surface area contributed by atoms with Crippen molar-refractivity contribution >= 4 is 0 Å². The molecule has 0 atom stereocenters. The van der Waals surface area contributed by atoms with Gasteiger partial charge in [-0.1, -0.05) is 38.1 Å². The second-order valence-corrected chi connectivity index (χ2v) is 4.53. The first kappa shape index (κ1) is 10.9. The number of hydrogen-bond acceptors (Lipinski definition) is 1. The van der Waals surface area contributed by atoms with E-state index in [0.29, 0.717) is 5.92 Å². The average Bonchev–Trinajstić information content (AvgIpc) is 2.29. The molecule has 0 N–H and O–H groups in total. The molecular formula is C15H17N. The van der Waals surface area contributed by atoms with Gasteiger partial charge in [-0.05, 0) is 35.6 Å². The summed E-state index contributed by atoms with van der Waals surface area (Å²) in [6.07, 6.45) is 3.80. The summed E-state index contributed by atoms with van der Waals surface area (Å²) in [7, 11) is 0. The normalized spacial score (nSPS) is 10.8. The summed E-state index contributed by atoms with van der Waals surface area (Å²) in [5, 5.41) is 0. The molecule has 2 aromatic rings. The van der Waals surface area contributed by atoms with E-state index in [4.69, 9.17) is 0 Å². The maximum absolute atomic E-state index is 4.22. The monoisotopic (exact) mass is 211 g/mol. The van der Waals surface area contributed by atoms with E-state index in [1.807, 2.05) is 12.4 Å². The van der Waals surface area contributed by atoms with Gasteiger partial charge in [-0.2, -0.15) is 0 Å². The summed E-state index contributed by atoms with van der Waals surface area (Å²) < 4.78 is 0. The summed E-state index contributed by atoms with van der Waals surface area (Å²) >= 11 is 0. The fraction of sp³-hybridized carbons (Fsp3) is 0.267. The van der Waals surface area contributed by atoms with Gasteiger partial charge in [0.15, 0.2) is 0 Å². The highest BCUT2D eigenvalue weighted by Gasteiger charge is 2.01. The van der Waals surface area contributed by atoms with Crippen LogP contribution >= 0.6 is 0 Å². The number of rotatable bonds is 2. The van der Waals surface area contributed by atoms with Crippen molar-refractivity contribution in [3.8, 4) is 11.1 Å². The van der Waals surface area contributed by atoms with E-state index in [1.54, 1.807) is 0 Å². The average molecular weight is 211 g/mol. The lowest BCUT2D eigenvalue weighted by Crippen LogP contribution is -1.87. The number of hydrogen-bond donors (Lipinski definition) is 0. The Balaban J connectivity index is 2.35. The predicted octanol–water partition coefficient (Wildman–Crippen LogP) is 4.18. The third-order valence-corrected chi connectivity index (χ3v) is 2.79. The van der Waals surface area contributed by atoms with Crippen LogP contribution in [0.3, 0.4) is 0 Å². The van der Waals surface area contributed by atoms with Crippen LogP contribution in [0.5, 0.6) is 0 Å². The Kier molecular flexibility index (Phi) is 3.04. The molecule has 0 aliphatic rings. The lowest BCUT2D eigenvalue weighted by atomic mass is 9.99. The smallest absolute Gasteiger partial charge is 0.0346 e. The fourth-order valence-electron chi connectivity index (χ4n) is 1.77. The molecule has 0 amide bonds. The van der Waals surface area contributed by atoms with E-state index in [2.05, 4.69) is 56.1 Å². The maximum Gasteiger partial charge on any atom is 0.0346 e. The van der Waals surface area contributed by atoms with Crippen molar-refractivity contribution in [2.24, 2.45) is 0 Å². The number of benzene rings is 1. The predicted molar refractivity (Wildman–Crippen MR) is 68.5 cm³/mol. The zero-order chi connectivity index (χ0) is 11.5. The number of nitrogens with zero attached hydrogens (tertiary/aromatic N) is 1. The summed E-state index contributed by atoms with van der Waals surface area (Å²) in [6.45, 7) is 6.49. The second kappa shape index (κ2) is 4.48. The van der Waals surface area contributed by atoms with Gasteiger partial charge in [-0.25, -0.2) is 0 Å². The Bertz CT molecular complexity index is 469. The molecule has 16 heavy (non-hydrogen) atoms. The number of aryl methyl sites for hydroxylation is 1. The topological polar surface area (TPSA) is 12.9 Å². The minimum Gasteiger partial charge on any atom is -0.264 e. The SMILES string of the molecule is Cc1cncc(-c2ccc(C(C)C)cc2)c1. The van der Waals surface area contributed by atoms with Gasteiger partial charge in [0.2, 0.25) is 0 Å². The molecule has 1 heteroatoms. The first-order valence-electron chi connectivity index (χ1n) is 5.69. The first-order chi connectivity index (χ1) is 7.66. The van der Waals surface area contributed by atoms with Crippen LogP contribution in [-0.2, 0) is 0 Å². The molecule has 1 aromatic carbocycles. The maximum atomic E-state index is 4.22. The van der Waals surface area contributed by atoms with Crippen molar-refractivity contribution in [1.82, 2.24) is 4.98 Å². The quantitative estimate of drug-likeness (QED) is 0.726. The van der Waals surface area contributed by atoms with Crippen LogP contribution in [0.1, 0.15) is 30.9 Å². The third-order valence-electron chi connectivity index (χ3n) is 2.79. The van der Waals surface area contributed by atoms with Crippen LogP contribution in [0.4, 0.5) is 0 Å². The zero-order valence-electron chi connectivity index (χ0n) is 10.1. The molecule has 1 aromatic heterocycles. The molecule has 1 nitrogen and oxygen atoms in total. The molecule has 0 unspecified atom stereocenters. The van der Waals surface area contributed by atoms with Gasteiger partial charge >= 0.3 is 0 Å². The Morgan fingerprint density at radius 3 is 2.19 bits per heavy atom. The summed E-state index contributed by atoms with van der Waals surface area (Å²) in [4.78, 5) is 4.22. The van der Waals surface area contributed by atoms with Crippen LogP contribution < -0.4 is 0 Å². The molecule has 0 saturated carbocycles. The van der Waals surface area contributed by atoms with E-state index >= 15 is 0 Å². The lowest BCUT2D eigenvalue weighted by Gasteiger charge is -2.07. The largest absolute Gasteiger partial charge is 0.264 e. The molecule has 0 bridgehead atoms. The Morgan fingerprint density at radius 1 is 0.938 bits per heavy atom. The van der Waals surface area contributed by atoms with Crippen molar-refractivity contribution in [2.45, 2.75) is 26.7 Å². The van der Waals surface area contributed by atoms with Gasteiger partial charge in [0.1, 0.15) is 0 Å². The van der Waals surface area contributed by atoms with Crippen LogP contribution in [0, 0.1) is 6.92 Å². The van der Waals surface area contributed by atoms with Crippen molar-refractivity contribution in [2.75, 3.05) is 0 Å². The highest BCUT2D eigenvalue weighted by Crippen LogP contribution is 2.22. The Labute approximate surface area is 97.2 Å². The molecule has 1 heterocycles. The highest BCUT2D eigenvalue weighted by atomic mass is 14.6. The molecule has 0 aliphatic carbocycles. The van der Waals surface area contributed by atoms with E-state index in [9.17, 15) is 0 Å². The molecule has 0 aliphatic heterocycles. The van der Waals surface area contributed by atoms with Crippen LogP contribution in [0.15, 0.2) is 42.7 Å². The zero-order valence-corrected chi connectivity index (χ0v) is 10.1. The fourth-order valence-corrected chi connectivity index (χ4v) is 1.77. The van der Waals surface area contributed by atoms with Crippen LogP contribution in [0.25, 0.3) is 11.1 Å². The molecule has 2 rings (SSSR count). The van der Waals surface area contributed by atoms with Gasteiger partial charge < -0.3 is 0 Å². The van der Waals surface area contributed by atoms with Crippen molar-refractivity contribution in [3.05, 3.63) is 53.9 Å². The third kappa shape index (κ3) is 2.30. The van der Waals surface area contributed by atoms with Gasteiger partial charge in [0.25, 0.3) is 0 Å². The van der Waals surface area contributed by atoms with E-state index in [1.165, 1.54) is 22.3 Å². The Hall–Kier alpha value is -1.63. The molecule has 82 valence electrons. The van der Waals surface area contributed by atoms with E-state index in [-0.39, 0.29) is 0 Å². The van der Waals surface area contributed by atoms with E-state index < -0.39 is 0 Å². The number of aromatic nitrogens is 1. The lowest BCUT2D eigenvalue weighted by molar-refractivity contribution is 0.867. The standard InChI is InChI=1S/C15H17N/c1-11(2)13-4-6-14(7-5-13)15-8-12(3)9-16-10-15/h4-11H,1-3H3. The van der Waals surface area contributed by atoms with Gasteiger partial charge in [-0.15, -0.1) is 0 Å². The van der Waals surface area contributed by atoms with Gasteiger partial charge in [0, 0.05) is 18.0 Å². The van der Waals surface area contributed by atoms with Crippen molar-refractivity contribution in [3.63, 3.8) is 0 Å². The Morgan fingerprint density at radius 2 is 1.62 bits per heavy atom. The molecule has 0 spiro atoms. The van der Waals surface area contributed by atoms with Crippen LogP contribution in [0.2, 0.25) is 0 Å². The summed E-state index contributed by atoms with van der Waals surface area (Å²) in [5.74, 6) is 0.588. The highest BCUT2D eigenvalue weighted by molar-refractivity contribution is 5.63. The molecular weight excluding hydrogens is 194 g/mol. The van der Waals surface area contributed by atoms with Crippen molar-refractivity contribution < 1.29 is 0 Å². The molecule has 0 fully saturated rings. The molecule has 0 saturated heterocycles. The summed E-state index contributed by atoms with van der Waals surface area (Å²) in [5.41, 5.74) is 5.01.